The van der Waals surface area contributed by atoms with Gasteiger partial charge >= 0.3 is 5.97 Å². The van der Waals surface area contributed by atoms with Crippen molar-refractivity contribution in [1.82, 2.24) is 14.8 Å². The highest BCUT2D eigenvalue weighted by molar-refractivity contribution is 7.12. The van der Waals surface area contributed by atoms with Gasteiger partial charge < -0.3 is 9.47 Å². The molecule has 0 spiro atoms. The first kappa shape index (κ1) is 18.1. The summed E-state index contributed by atoms with van der Waals surface area (Å²) in [4.78, 5) is 16.2. The van der Waals surface area contributed by atoms with E-state index in [1.54, 1.807) is 10.1 Å². The molecule has 2 aromatic heterocycles. The van der Waals surface area contributed by atoms with E-state index in [-0.39, 0.29) is 12.2 Å². The lowest BCUT2D eigenvalue weighted by Crippen LogP contribution is -2.12. The molecule has 3 aromatic rings. The summed E-state index contributed by atoms with van der Waals surface area (Å²) in [5.74, 6) is 0.383. The first-order valence-electron chi connectivity index (χ1n) is 8.42. The molecule has 0 aliphatic carbocycles. The number of aromatic nitrogens is 3. The second-order valence-corrected chi connectivity index (χ2v) is 7.15. The fraction of sp³-hybridized carbons (Fsp3) is 0.316. The SMILES string of the molecule is CC(C)OC(=O)c1csc(-n2ccc(-c3cccc(OC(C)C)c3)n2)n1. The first-order chi connectivity index (χ1) is 12.4. The second-order valence-electron chi connectivity index (χ2n) is 6.31. The zero-order valence-electron chi connectivity index (χ0n) is 15.2. The van der Waals surface area contributed by atoms with Gasteiger partial charge in [-0.05, 0) is 45.9 Å². The Balaban J connectivity index is 1.80. The fourth-order valence-corrected chi connectivity index (χ4v) is 3.05. The number of nitrogens with zero attached hydrogens (tertiary/aromatic N) is 3. The van der Waals surface area contributed by atoms with E-state index in [9.17, 15) is 4.79 Å². The van der Waals surface area contributed by atoms with Crippen LogP contribution in [0.2, 0.25) is 0 Å². The van der Waals surface area contributed by atoms with Crippen LogP contribution in [0, 0.1) is 0 Å². The second kappa shape index (κ2) is 7.70. The fourth-order valence-electron chi connectivity index (χ4n) is 2.32. The number of hydrogen-bond acceptors (Lipinski definition) is 6. The highest BCUT2D eigenvalue weighted by Crippen LogP contribution is 2.24. The van der Waals surface area contributed by atoms with E-state index in [1.165, 1.54) is 11.3 Å². The molecule has 0 radical (unpaired) electrons. The highest BCUT2D eigenvalue weighted by Gasteiger charge is 2.15. The molecule has 26 heavy (non-hydrogen) atoms. The standard InChI is InChI=1S/C19H21N3O3S/c1-12(2)24-15-7-5-6-14(10-15)16-8-9-22(21-16)19-20-17(11-26-19)18(23)25-13(3)4/h5-13H,1-4H3. The predicted octanol–water partition coefficient (Wildman–Crippen LogP) is 4.35. The minimum atomic E-state index is -0.423. The largest absolute Gasteiger partial charge is 0.491 e. The molecule has 0 amide bonds. The van der Waals surface area contributed by atoms with Crippen molar-refractivity contribution in [3.05, 3.63) is 47.6 Å². The third kappa shape index (κ3) is 4.29. The number of ether oxygens (including phenoxy) is 2. The molecule has 3 rings (SSSR count). The van der Waals surface area contributed by atoms with Gasteiger partial charge in [-0.1, -0.05) is 12.1 Å². The van der Waals surface area contributed by atoms with Crippen LogP contribution in [-0.4, -0.2) is 32.9 Å². The maximum absolute atomic E-state index is 11.9. The lowest BCUT2D eigenvalue weighted by molar-refractivity contribution is 0.0371. The van der Waals surface area contributed by atoms with Gasteiger partial charge in [-0.2, -0.15) is 5.10 Å². The van der Waals surface area contributed by atoms with Crippen molar-refractivity contribution in [3.63, 3.8) is 0 Å². The van der Waals surface area contributed by atoms with Crippen LogP contribution in [-0.2, 0) is 4.74 Å². The zero-order valence-corrected chi connectivity index (χ0v) is 16.0. The van der Waals surface area contributed by atoms with Crippen molar-refractivity contribution < 1.29 is 14.3 Å². The van der Waals surface area contributed by atoms with E-state index >= 15 is 0 Å². The van der Waals surface area contributed by atoms with Crippen LogP contribution in [0.25, 0.3) is 16.4 Å². The molecule has 0 saturated carbocycles. The van der Waals surface area contributed by atoms with E-state index in [0.29, 0.717) is 10.8 Å². The molecular weight excluding hydrogens is 350 g/mol. The smallest absolute Gasteiger partial charge is 0.358 e. The summed E-state index contributed by atoms with van der Waals surface area (Å²) in [6.45, 7) is 7.60. The Kier molecular flexibility index (Phi) is 5.37. The van der Waals surface area contributed by atoms with Gasteiger partial charge in [0.2, 0.25) is 5.13 Å². The van der Waals surface area contributed by atoms with Gasteiger partial charge in [-0.15, -0.1) is 11.3 Å². The van der Waals surface area contributed by atoms with E-state index in [1.807, 2.05) is 64.2 Å². The van der Waals surface area contributed by atoms with Crippen molar-refractivity contribution in [2.75, 3.05) is 0 Å². The van der Waals surface area contributed by atoms with E-state index < -0.39 is 5.97 Å². The van der Waals surface area contributed by atoms with Crippen LogP contribution < -0.4 is 4.74 Å². The molecule has 136 valence electrons. The molecule has 0 unspecified atom stereocenters. The number of esters is 1. The third-order valence-electron chi connectivity index (χ3n) is 3.33. The number of benzene rings is 1. The Morgan fingerprint density at radius 2 is 1.96 bits per heavy atom. The maximum atomic E-state index is 11.9. The van der Waals surface area contributed by atoms with Crippen molar-refractivity contribution in [2.45, 2.75) is 39.9 Å². The Labute approximate surface area is 156 Å². The maximum Gasteiger partial charge on any atom is 0.358 e. The molecule has 0 aliphatic heterocycles. The molecule has 6 nitrogen and oxygen atoms in total. The minimum absolute atomic E-state index is 0.113. The zero-order chi connectivity index (χ0) is 18.7. The summed E-state index contributed by atoms with van der Waals surface area (Å²) in [5, 5.41) is 6.85. The van der Waals surface area contributed by atoms with Gasteiger partial charge in [-0.3, -0.25) is 0 Å². The summed E-state index contributed by atoms with van der Waals surface area (Å²) >= 11 is 1.34. The molecule has 7 heteroatoms. The first-order valence-corrected chi connectivity index (χ1v) is 9.30. The van der Waals surface area contributed by atoms with Crippen molar-refractivity contribution in [3.8, 4) is 22.1 Å². The summed E-state index contributed by atoms with van der Waals surface area (Å²) in [5.41, 5.74) is 2.06. The lowest BCUT2D eigenvalue weighted by Gasteiger charge is -2.10. The van der Waals surface area contributed by atoms with Gasteiger partial charge in [0.1, 0.15) is 5.75 Å². The quantitative estimate of drug-likeness (QED) is 0.603. The van der Waals surface area contributed by atoms with Crippen LogP contribution in [0.1, 0.15) is 38.2 Å². The predicted molar refractivity (Wildman–Crippen MR) is 101 cm³/mol. The van der Waals surface area contributed by atoms with Crippen molar-refractivity contribution in [2.24, 2.45) is 0 Å². The van der Waals surface area contributed by atoms with Crippen LogP contribution in [0.15, 0.2) is 41.9 Å². The normalized spacial score (nSPS) is 11.2. The molecule has 0 atom stereocenters. The molecule has 0 fully saturated rings. The number of rotatable bonds is 6. The number of carbonyl (C=O) groups is 1. The summed E-state index contributed by atoms with van der Waals surface area (Å²) in [6, 6.07) is 9.71. The van der Waals surface area contributed by atoms with Crippen LogP contribution in [0.4, 0.5) is 0 Å². The molecule has 0 aliphatic rings. The van der Waals surface area contributed by atoms with Gasteiger partial charge in [0.15, 0.2) is 5.69 Å². The van der Waals surface area contributed by atoms with Crippen molar-refractivity contribution in [1.29, 1.82) is 0 Å². The van der Waals surface area contributed by atoms with Crippen LogP contribution in [0.3, 0.4) is 0 Å². The van der Waals surface area contributed by atoms with Gasteiger partial charge in [0, 0.05) is 17.1 Å². The topological polar surface area (TPSA) is 66.2 Å². The van der Waals surface area contributed by atoms with Gasteiger partial charge in [0.05, 0.1) is 17.9 Å². The van der Waals surface area contributed by atoms with Gasteiger partial charge in [0.25, 0.3) is 0 Å². The molecular formula is C19H21N3O3S. The molecule has 1 aromatic carbocycles. The third-order valence-corrected chi connectivity index (χ3v) is 4.16. The molecule has 0 N–H and O–H groups in total. The van der Waals surface area contributed by atoms with Crippen LogP contribution in [0.5, 0.6) is 5.75 Å². The summed E-state index contributed by atoms with van der Waals surface area (Å²) in [6.07, 6.45) is 1.76. The van der Waals surface area contributed by atoms with Gasteiger partial charge in [-0.25, -0.2) is 14.5 Å². The molecule has 2 heterocycles. The average molecular weight is 371 g/mol. The van der Waals surface area contributed by atoms with E-state index in [4.69, 9.17) is 9.47 Å². The Morgan fingerprint density at radius 3 is 2.69 bits per heavy atom. The van der Waals surface area contributed by atoms with Crippen molar-refractivity contribution >= 4 is 17.3 Å². The Morgan fingerprint density at radius 1 is 1.15 bits per heavy atom. The van der Waals surface area contributed by atoms with E-state index in [0.717, 1.165) is 17.0 Å². The monoisotopic (exact) mass is 371 g/mol. The minimum Gasteiger partial charge on any atom is -0.491 e. The van der Waals surface area contributed by atoms with E-state index in [2.05, 4.69) is 10.1 Å². The molecule has 0 bridgehead atoms. The van der Waals surface area contributed by atoms with Crippen LogP contribution >= 0.6 is 11.3 Å². The molecule has 0 saturated heterocycles. The Bertz CT molecular complexity index is 899. The number of thiazole rings is 1. The summed E-state index contributed by atoms with van der Waals surface area (Å²) in [7, 11) is 0. The lowest BCUT2D eigenvalue weighted by atomic mass is 10.1. The summed E-state index contributed by atoms with van der Waals surface area (Å²) < 4.78 is 12.6. The number of hydrogen-bond donors (Lipinski definition) is 0. The highest BCUT2D eigenvalue weighted by atomic mass is 32.1. The average Bonchev–Trinajstić information content (AvgIpc) is 3.23. The Hall–Kier alpha value is -2.67. The number of carbonyl (C=O) groups excluding carboxylic acids is 1.